The lowest BCUT2D eigenvalue weighted by atomic mass is 9.96. The van der Waals surface area contributed by atoms with Crippen molar-refractivity contribution < 1.29 is 8.42 Å². The van der Waals surface area contributed by atoms with Gasteiger partial charge in [-0.1, -0.05) is 25.4 Å². The molecule has 0 amide bonds. The van der Waals surface area contributed by atoms with Crippen molar-refractivity contribution in [1.82, 2.24) is 9.62 Å². The van der Waals surface area contributed by atoms with E-state index in [1.54, 1.807) is 12.1 Å². The smallest absolute Gasteiger partial charge is 0.250 e. The maximum absolute atomic E-state index is 12.1. The van der Waals surface area contributed by atoms with Crippen molar-refractivity contribution in [3.8, 4) is 0 Å². The molecule has 2 rings (SSSR count). The summed E-state index contributed by atoms with van der Waals surface area (Å²) in [6.45, 7) is 8.24. The summed E-state index contributed by atoms with van der Waals surface area (Å²) in [4.78, 5) is 2.47. The Morgan fingerprint density at radius 1 is 1.38 bits per heavy atom. The fraction of sp³-hybridized carbons (Fsp3) is 0.714. The van der Waals surface area contributed by atoms with Crippen molar-refractivity contribution in [3.05, 3.63) is 16.5 Å². The maximum atomic E-state index is 12.1. The van der Waals surface area contributed by atoms with Crippen LogP contribution in [-0.4, -0.2) is 39.5 Å². The lowest BCUT2D eigenvalue weighted by Crippen LogP contribution is -2.39. The standard InChI is InChI=1S/C14H23ClN2O2S2/c1-11(2)10-17-7-5-12(6-8-17)9-16-21(18,19)14-4-3-13(15)20-14/h3-4,11-12,16H,5-10H2,1-2H3. The molecule has 1 aliphatic heterocycles. The first-order valence-corrected chi connectivity index (χ1v) is 10.0. The van der Waals surface area contributed by atoms with Crippen LogP contribution in [0.3, 0.4) is 0 Å². The van der Waals surface area contributed by atoms with E-state index in [4.69, 9.17) is 11.6 Å². The van der Waals surface area contributed by atoms with E-state index < -0.39 is 10.0 Å². The summed E-state index contributed by atoms with van der Waals surface area (Å²) in [5.74, 6) is 1.11. The van der Waals surface area contributed by atoms with Crippen molar-refractivity contribution >= 4 is 33.0 Å². The molecule has 7 heteroatoms. The molecule has 0 radical (unpaired) electrons. The third-order valence-corrected chi connectivity index (χ3v) is 6.85. The molecule has 21 heavy (non-hydrogen) atoms. The number of thiophene rings is 1. The van der Waals surface area contributed by atoms with Gasteiger partial charge in [-0.2, -0.15) is 0 Å². The van der Waals surface area contributed by atoms with E-state index >= 15 is 0 Å². The second-order valence-electron chi connectivity index (χ2n) is 6.05. The summed E-state index contributed by atoms with van der Waals surface area (Å²) in [7, 11) is -3.40. The van der Waals surface area contributed by atoms with E-state index in [0.29, 0.717) is 26.9 Å². The normalized spacial score (nSPS) is 18.5. The van der Waals surface area contributed by atoms with Crippen LogP contribution in [0.1, 0.15) is 26.7 Å². The van der Waals surface area contributed by atoms with Crippen molar-refractivity contribution in [3.63, 3.8) is 0 Å². The molecule has 0 bridgehead atoms. The number of piperidine rings is 1. The zero-order chi connectivity index (χ0) is 15.5. The minimum Gasteiger partial charge on any atom is -0.303 e. The molecular formula is C14H23ClN2O2S2. The van der Waals surface area contributed by atoms with Gasteiger partial charge in [0, 0.05) is 13.1 Å². The molecule has 0 aromatic carbocycles. The first-order valence-electron chi connectivity index (χ1n) is 7.34. The number of hydrogen-bond donors (Lipinski definition) is 1. The molecule has 0 spiro atoms. The summed E-state index contributed by atoms with van der Waals surface area (Å²) in [5.41, 5.74) is 0. The maximum Gasteiger partial charge on any atom is 0.250 e. The molecule has 1 saturated heterocycles. The molecule has 120 valence electrons. The summed E-state index contributed by atoms with van der Waals surface area (Å²) in [6.07, 6.45) is 2.11. The van der Waals surface area contributed by atoms with Crippen molar-refractivity contribution in [2.45, 2.75) is 30.9 Å². The van der Waals surface area contributed by atoms with Gasteiger partial charge in [-0.15, -0.1) is 11.3 Å². The van der Waals surface area contributed by atoms with Gasteiger partial charge in [0.2, 0.25) is 10.0 Å². The fourth-order valence-electron chi connectivity index (χ4n) is 2.63. The van der Waals surface area contributed by atoms with Gasteiger partial charge in [0.15, 0.2) is 0 Å². The van der Waals surface area contributed by atoms with E-state index in [1.807, 2.05) is 0 Å². The first-order chi connectivity index (χ1) is 9.87. The second-order valence-corrected chi connectivity index (χ2v) is 9.76. The number of nitrogens with zero attached hydrogens (tertiary/aromatic N) is 1. The summed E-state index contributed by atoms with van der Waals surface area (Å²) >= 11 is 6.89. The topological polar surface area (TPSA) is 49.4 Å². The average molecular weight is 351 g/mol. The molecule has 0 aliphatic carbocycles. The van der Waals surface area contributed by atoms with Gasteiger partial charge < -0.3 is 4.90 Å². The molecule has 1 aromatic heterocycles. The molecule has 0 atom stereocenters. The third-order valence-electron chi connectivity index (χ3n) is 3.71. The van der Waals surface area contributed by atoms with Crippen LogP contribution >= 0.6 is 22.9 Å². The van der Waals surface area contributed by atoms with Crippen molar-refractivity contribution in [2.24, 2.45) is 11.8 Å². The van der Waals surface area contributed by atoms with Crippen LogP contribution in [0.15, 0.2) is 16.3 Å². The fourth-order valence-corrected chi connectivity index (χ4v) is 5.27. The second kappa shape index (κ2) is 7.42. The average Bonchev–Trinajstić information content (AvgIpc) is 2.85. The zero-order valence-electron chi connectivity index (χ0n) is 12.5. The van der Waals surface area contributed by atoms with Crippen molar-refractivity contribution in [1.29, 1.82) is 0 Å². The Morgan fingerprint density at radius 2 is 2.05 bits per heavy atom. The van der Waals surface area contributed by atoms with Gasteiger partial charge in [0.05, 0.1) is 4.34 Å². The summed E-state index contributed by atoms with van der Waals surface area (Å²) < 4.78 is 27.8. The van der Waals surface area contributed by atoms with Gasteiger partial charge in [-0.3, -0.25) is 0 Å². The van der Waals surface area contributed by atoms with Gasteiger partial charge in [0.25, 0.3) is 0 Å². The van der Waals surface area contributed by atoms with E-state index in [0.717, 1.165) is 43.8 Å². The van der Waals surface area contributed by atoms with Crippen LogP contribution in [0.25, 0.3) is 0 Å². The SMILES string of the molecule is CC(C)CN1CCC(CNS(=O)(=O)c2ccc(Cl)s2)CC1. The molecular weight excluding hydrogens is 328 g/mol. The lowest BCUT2D eigenvalue weighted by Gasteiger charge is -2.32. The van der Waals surface area contributed by atoms with E-state index in [2.05, 4.69) is 23.5 Å². The van der Waals surface area contributed by atoms with Crippen LogP contribution in [-0.2, 0) is 10.0 Å². The Bertz CT molecular complexity index is 549. The quantitative estimate of drug-likeness (QED) is 0.857. The third kappa shape index (κ3) is 5.21. The number of sulfonamides is 1. The minimum atomic E-state index is -3.40. The van der Waals surface area contributed by atoms with Crippen LogP contribution in [0.4, 0.5) is 0 Å². The predicted octanol–water partition coefficient (Wildman–Crippen LogP) is 3.05. The van der Waals surface area contributed by atoms with Crippen molar-refractivity contribution in [2.75, 3.05) is 26.2 Å². The largest absolute Gasteiger partial charge is 0.303 e. The van der Waals surface area contributed by atoms with Gasteiger partial charge in [0.1, 0.15) is 4.21 Å². The number of nitrogens with one attached hydrogen (secondary N) is 1. The number of halogens is 1. The zero-order valence-corrected chi connectivity index (χ0v) is 14.9. The molecule has 1 N–H and O–H groups in total. The van der Waals surface area contributed by atoms with Gasteiger partial charge in [-0.05, 0) is 49.9 Å². The number of rotatable bonds is 6. The Morgan fingerprint density at radius 3 is 2.57 bits per heavy atom. The Kier molecular flexibility index (Phi) is 6.08. The lowest BCUT2D eigenvalue weighted by molar-refractivity contribution is 0.169. The Balaban J connectivity index is 1.79. The molecule has 0 saturated carbocycles. The highest BCUT2D eigenvalue weighted by Crippen LogP contribution is 2.26. The van der Waals surface area contributed by atoms with Crippen LogP contribution in [0.2, 0.25) is 4.34 Å². The van der Waals surface area contributed by atoms with E-state index in [9.17, 15) is 8.42 Å². The Hall–Kier alpha value is -0.140. The van der Waals surface area contributed by atoms with Crippen LogP contribution in [0.5, 0.6) is 0 Å². The molecule has 1 fully saturated rings. The summed E-state index contributed by atoms with van der Waals surface area (Å²) in [6, 6.07) is 3.17. The van der Waals surface area contributed by atoms with E-state index in [1.165, 1.54) is 0 Å². The molecule has 2 heterocycles. The van der Waals surface area contributed by atoms with Gasteiger partial charge >= 0.3 is 0 Å². The molecule has 1 aromatic rings. The van der Waals surface area contributed by atoms with Gasteiger partial charge in [-0.25, -0.2) is 13.1 Å². The van der Waals surface area contributed by atoms with Crippen LogP contribution < -0.4 is 4.72 Å². The van der Waals surface area contributed by atoms with E-state index in [-0.39, 0.29) is 0 Å². The first kappa shape index (κ1) is 17.2. The molecule has 0 unspecified atom stereocenters. The Labute approximate surface area is 136 Å². The highest BCUT2D eigenvalue weighted by molar-refractivity contribution is 7.91. The number of hydrogen-bond acceptors (Lipinski definition) is 4. The highest BCUT2D eigenvalue weighted by Gasteiger charge is 2.22. The monoisotopic (exact) mass is 350 g/mol. The molecule has 1 aliphatic rings. The number of likely N-dealkylation sites (tertiary alicyclic amines) is 1. The summed E-state index contributed by atoms with van der Waals surface area (Å²) in [5, 5.41) is 0. The molecule has 4 nitrogen and oxygen atoms in total. The minimum absolute atomic E-state index is 0.296. The predicted molar refractivity (Wildman–Crippen MR) is 88.5 cm³/mol. The van der Waals surface area contributed by atoms with Crippen LogP contribution in [0, 0.1) is 11.8 Å². The highest BCUT2D eigenvalue weighted by atomic mass is 35.5.